The molecule has 128 valence electrons. The second-order valence-corrected chi connectivity index (χ2v) is 5.92. The predicted octanol–water partition coefficient (Wildman–Crippen LogP) is 3.04. The first kappa shape index (κ1) is 16.3. The number of ether oxygens (including phenoxy) is 2. The number of aromatic amines is 1. The number of methoxy groups -OCH3 is 1. The van der Waals surface area contributed by atoms with Gasteiger partial charge in [0.15, 0.2) is 0 Å². The summed E-state index contributed by atoms with van der Waals surface area (Å²) in [4.78, 5) is 11.9. The molecular weight excluding hydrogens is 308 g/mol. The van der Waals surface area contributed by atoms with Crippen LogP contribution in [0.5, 0.6) is 5.75 Å². The maximum Gasteiger partial charge on any atom is 0.407 e. The molecule has 1 aliphatic rings. The van der Waals surface area contributed by atoms with Gasteiger partial charge in [-0.1, -0.05) is 36.6 Å². The number of nitrogens with one attached hydrogen (secondary N) is 2. The number of carbonyl (C=O) groups is 1. The van der Waals surface area contributed by atoms with Crippen molar-refractivity contribution in [3.63, 3.8) is 0 Å². The predicted molar refractivity (Wildman–Crippen MR) is 88.6 cm³/mol. The van der Waals surface area contributed by atoms with Crippen LogP contribution in [0, 0.1) is 0 Å². The van der Waals surface area contributed by atoms with Crippen LogP contribution in [-0.4, -0.2) is 34.7 Å². The molecule has 2 N–H and O–H groups in total. The molecule has 1 aromatic heterocycles. The number of benzene rings is 1. The van der Waals surface area contributed by atoms with Crippen LogP contribution >= 0.6 is 0 Å². The largest absolute Gasteiger partial charge is 0.497 e. The van der Waals surface area contributed by atoms with Gasteiger partial charge < -0.3 is 14.8 Å². The molecule has 0 unspecified atom stereocenters. The molecule has 3 rings (SSSR count). The van der Waals surface area contributed by atoms with Crippen molar-refractivity contribution in [1.82, 2.24) is 20.7 Å². The average molecular weight is 330 g/mol. The van der Waals surface area contributed by atoms with Crippen molar-refractivity contribution in [3.8, 4) is 17.0 Å². The maximum atomic E-state index is 11.9. The van der Waals surface area contributed by atoms with Crippen LogP contribution in [0.2, 0.25) is 0 Å². The van der Waals surface area contributed by atoms with Crippen LogP contribution in [0.25, 0.3) is 11.3 Å². The van der Waals surface area contributed by atoms with Crippen molar-refractivity contribution in [2.24, 2.45) is 0 Å². The summed E-state index contributed by atoms with van der Waals surface area (Å²) in [5.41, 5.74) is 2.19. The molecule has 0 spiro atoms. The molecule has 0 aliphatic heterocycles. The molecule has 7 heteroatoms. The minimum atomic E-state index is -0.401. The summed E-state index contributed by atoms with van der Waals surface area (Å²) >= 11 is 0. The Morgan fingerprint density at radius 1 is 1.33 bits per heavy atom. The molecule has 0 saturated heterocycles. The normalized spacial score (nSPS) is 15.0. The molecule has 1 aliphatic carbocycles. The summed E-state index contributed by atoms with van der Waals surface area (Å²) in [7, 11) is 1.62. The highest BCUT2D eigenvalue weighted by Crippen LogP contribution is 2.24. The lowest BCUT2D eigenvalue weighted by Gasteiger charge is -2.22. The smallest absolute Gasteiger partial charge is 0.407 e. The quantitative estimate of drug-likeness (QED) is 0.879. The van der Waals surface area contributed by atoms with E-state index < -0.39 is 6.09 Å². The number of carbonyl (C=O) groups excluding carboxylic acids is 1. The third-order valence-electron chi connectivity index (χ3n) is 4.25. The highest BCUT2D eigenvalue weighted by atomic mass is 16.5. The summed E-state index contributed by atoms with van der Waals surface area (Å²) in [5, 5.41) is 13.6. The lowest BCUT2D eigenvalue weighted by atomic mass is 9.96. The van der Waals surface area contributed by atoms with E-state index in [0.29, 0.717) is 5.69 Å². The summed E-state index contributed by atoms with van der Waals surface area (Å²) < 4.78 is 10.5. The first-order valence-electron chi connectivity index (χ1n) is 8.24. The molecular formula is C17H22N4O3. The van der Waals surface area contributed by atoms with Gasteiger partial charge in [-0.3, -0.25) is 5.10 Å². The van der Waals surface area contributed by atoms with Crippen molar-refractivity contribution in [2.75, 3.05) is 7.11 Å². The monoisotopic (exact) mass is 330 g/mol. The van der Waals surface area contributed by atoms with E-state index in [0.717, 1.165) is 42.7 Å². The first-order valence-corrected chi connectivity index (χ1v) is 8.24. The Labute approximate surface area is 140 Å². The van der Waals surface area contributed by atoms with E-state index in [1.165, 1.54) is 6.42 Å². The van der Waals surface area contributed by atoms with Gasteiger partial charge in [0, 0.05) is 11.6 Å². The number of alkyl carbamates (subject to hydrolysis) is 1. The van der Waals surface area contributed by atoms with Gasteiger partial charge >= 0.3 is 6.09 Å². The summed E-state index contributed by atoms with van der Waals surface area (Å²) in [6.45, 7) is 0.0710. The van der Waals surface area contributed by atoms with E-state index in [9.17, 15) is 4.79 Å². The number of aromatic nitrogens is 3. The van der Waals surface area contributed by atoms with Crippen LogP contribution in [0.1, 0.15) is 37.8 Å². The summed E-state index contributed by atoms with van der Waals surface area (Å²) in [6, 6.07) is 7.77. The van der Waals surface area contributed by atoms with Crippen molar-refractivity contribution in [2.45, 2.75) is 44.8 Å². The fourth-order valence-corrected chi connectivity index (χ4v) is 2.95. The zero-order valence-electron chi connectivity index (χ0n) is 13.7. The molecule has 1 aromatic carbocycles. The Morgan fingerprint density at radius 3 is 2.96 bits per heavy atom. The standard InChI is InChI=1S/C17H22N4O3/c1-23-14-9-5-6-12(10-14)16-15(19-21-20-16)11-24-17(22)18-13-7-3-2-4-8-13/h5-6,9-10,13H,2-4,7-8,11H2,1H3,(H,18,22)(H,19,20,21). The van der Waals surface area contributed by atoms with Gasteiger partial charge in [-0.25, -0.2) is 4.79 Å². The van der Waals surface area contributed by atoms with Gasteiger partial charge in [0.05, 0.1) is 12.8 Å². The third kappa shape index (κ3) is 4.04. The maximum absolute atomic E-state index is 11.9. The second-order valence-electron chi connectivity index (χ2n) is 5.92. The number of amides is 1. The highest BCUT2D eigenvalue weighted by molar-refractivity contribution is 5.68. The lowest BCUT2D eigenvalue weighted by Crippen LogP contribution is -2.36. The molecule has 2 aromatic rings. The molecule has 0 atom stereocenters. The van der Waals surface area contributed by atoms with Crippen molar-refractivity contribution in [1.29, 1.82) is 0 Å². The zero-order valence-corrected chi connectivity index (χ0v) is 13.7. The van der Waals surface area contributed by atoms with Crippen LogP contribution in [0.3, 0.4) is 0 Å². The molecule has 0 radical (unpaired) electrons. The zero-order chi connectivity index (χ0) is 16.8. The highest BCUT2D eigenvalue weighted by Gasteiger charge is 2.17. The molecule has 7 nitrogen and oxygen atoms in total. The Hall–Kier alpha value is -2.57. The molecule has 24 heavy (non-hydrogen) atoms. The average Bonchev–Trinajstić information content (AvgIpc) is 3.09. The number of hydrogen-bond donors (Lipinski definition) is 2. The van der Waals surface area contributed by atoms with Crippen molar-refractivity contribution >= 4 is 6.09 Å². The Kier molecular flexibility index (Phi) is 5.30. The van der Waals surface area contributed by atoms with E-state index in [2.05, 4.69) is 20.7 Å². The van der Waals surface area contributed by atoms with Crippen LogP contribution in [0.15, 0.2) is 24.3 Å². The van der Waals surface area contributed by atoms with E-state index in [4.69, 9.17) is 9.47 Å². The fraction of sp³-hybridized carbons (Fsp3) is 0.471. The van der Waals surface area contributed by atoms with E-state index in [1.54, 1.807) is 7.11 Å². The number of H-pyrrole nitrogens is 1. The Bertz CT molecular complexity index is 680. The van der Waals surface area contributed by atoms with E-state index in [1.807, 2.05) is 24.3 Å². The molecule has 1 fully saturated rings. The molecule has 0 bridgehead atoms. The topological polar surface area (TPSA) is 89.1 Å². The molecule has 1 saturated carbocycles. The third-order valence-corrected chi connectivity index (χ3v) is 4.25. The van der Waals surface area contributed by atoms with Gasteiger partial charge in [0.25, 0.3) is 0 Å². The molecule has 1 heterocycles. The van der Waals surface area contributed by atoms with E-state index >= 15 is 0 Å². The van der Waals surface area contributed by atoms with Gasteiger partial charge in [0.2, 0.25) is 0 Å². The Balaban J connectivity index is 1.60. The number of nitrogens with zero attached hydrogens (tertiary/aromatic N) is 2. The minimum Gasteiger partial charge on any atom is -0.497 e. The van der Waals surface area contributed by atoms with E-state index in [-0.39, 0.29) is 12.6 Å². The van der Waals surface area contributed by atoms with Crippen LogP contribution in [0.4, 0.5) is 4.79 Å². The summed E-state index contributed by atoms with van der Waals surface area (Å²) in [5.74, 6) is 0.740. The van der Waals surface area contributed by atoms with Crippen LogP contribution in [-0.2, 0) is 11.3 Å². The van der Waals surface area contributed by atoms with Crippen molar-refractivity contribution < 1.29 is 14.3 Å². The number of hydrogen-bond acceptors (Lipinski definition) is 5. The van der Waals surface area contributed by atoms with Gasteiger partial charge in [0.1, 0.15) is 18.1 Å². The SMILES string of the molecule is COc1cccc(-c2[nH]nnc2COC(=O)NC2CCCCC2)c1. The van der Waals surface area contributed by atoms with Crippen molar-refractivity contribution in [3.05, 3.63) is 30.0 Å². The van der Waals surface area contributed by atoms with Gasteiger partial charge in [-0.05, 0) is 25.0 Å². The van der Waals surface area contributed by atoms with Gasteiger partial charge in [-0.15, -0.1) is 5.10 Å². The molecule has 1 amide bonds. The minimum absolute atomic E-state index is 0.0710. The summed E-state index contributed by atoms with van der Waals surface area (Å²) in [6.07, 6.45) is 5.21. The van der Waals surface area contributed by atoms with Gasteiger partial charge in [-0.2, -0.15) is 0 Å². The second kappa shape index (κ2) is 7.81. The number of rotatable bonds is 5. The Morgan fingerprint density at radius 2 is 2.17 bits per heavy atom. The van der Waals surface area contributed by atoms with Crippen LogP contribution < -0.4 is 10.1 Å². The fourth-order valence-electron chi connectivity index (χ4n) is 2.95. The lowest BCUT2D eigenvalue weighted by molar-refractivity contribution is 0.132. The first-order chi connectivity index (χ1) is 11.8.